The second-order valence-corrected chi connectivity index (χ2v) is 4.44. The third kappa shape index (κ3) is 2.99. The van der Waals surface area contributed by atoms with Crippen LogP contribution in [0, 0.1) is 0 Å². The van der Waals surface area contributed by atoms with Crippen molar-refractivity contribution in [2.45, 2.75) is 66.2 Å². The molecule has 0 radical (unpaired) electrons. The maximum atomic E-state index is 12.4. The molecule has 1 aromatic rings. The van der Waals surface area contributed by atoms with Crippen molar-refractivity contribution in [2.75, 3.05) is 0 Å². The Morgan fingerprint density at radius 2 is 1.24 bits per heavy atom. The average Bonchev–Trinajstić information content (AvgIpc) is 2.34. The summed E-state index contributed by atoms with van der Waals surface area (Å²) in [6, 6.07) is 0. The summed E-state index contributed by atoms with van der Waals surface area (Å²) in [6.45, 7) is 8.31. The maximum absolute atomic E-state index is 12.4. The molecule has 0 N–H and O–H groups in total. The zero-order valence-corrected chi connectivity index (χ0v) is 11.6. The fourth-order valence-electron chi connectivity index (χ4n) is 2.28. The van der Waals surface area contributed by atoms with Crippen molar-refractivity contribution in [2.24, 2.45) is 0 Å². The van der Waals surface area contributed by atoms with E-state index in [1.54, 1.807) is 0 Å². The van der Waals surface area contributed by atoms with Crippen LogP contribution in [0.15, 0.2) is 9.21 Å². The molecule has 0 aromatic carbocycles. The molecule has 0 saturated carbocycles. The predicted molar refractivity (Wildman–Crippen MR) is 71.7 cm³/mol. The lowest BCUT2D eigenvalue weighted by Crippen LogP contribution is -2.19. The lowest BCUT2D eigenvalue weighted by molar-refractivity contribution is 0.437. The fraction of sp³-hybridized carbons (Fsp3) is 0.667. The van der Waals surface area contributed by atoms with Crippen LogP contribution in [-0.2, 0) is 25.7 Å². The Kier molecular flexibility index (Phi) is 5.46. The Morgan fingerprint density at radius 3 is 1.53 bits per heavy atom. The van der Waals surface area contributed by atoms with Crippen LogP contribution in [0.5, 0.6) is 0 Å². The third-order valence-electron chi connectivity index (χ3n) is 3.11. The molecule has 0 aliphatic heterocycles. The second-order valence-electron chi connectivity index (χ2n) is 4.44. The van der Waals surface area contributed by atoms with E-state index in [0.29, 0.717) is 0 Å². The summed E-state index contributed by atoms with van der Waals surface area (Å²) >= 11 is 0. The van der Waals surface area contributed by atoms with E-state index in [1.165, 1.54) is 0 Å². The topological polar surface area (TPSA) is 30.2 Å². The number of aryl methyl sites for hydroxylation is 2. The zero-order valence-electron chi connectivity index (χ0n) is 11.6. The third-order valence-corrected chi connectivity index (χ3v) is 3.11. The normalized spacial score (nSPS) is 10.8. The van der Waals surface area contributed by atoms with Crippen LogP contribution < -0.4 is 5.43 Å². The summed E-state index contributed by atoms with van der Waals surface area (Å²) in [5.74, 6) is 1.79. The van der Waals surface area contributed by atoms with Gasteiger partial charge in [-0.1, -0.05) is 40.5 Å². The van der Waals surface area contributed by atoms with Crippen molar-refractivity contribution in [3.05, 3.63) is 32.9 Å². The standard InChI is InChI=1S/C15H24O2/c1-5-9-11-13(7-3)17-14(8-4)12(10-6-2)15(11)16/h5-10H2,1-4H3. The Morgan fingerprint density at radius 1 is 0.824 bits per heavy atom. The fourth-order valence-corrected chi connectivity index (χ4v) is 2.28. The molecule has 2 heteroatoms. The minimum Gasteiger partial charge on any atom is -0.465 e. The van der Waals surface area contributed by atoms with Gasteiger partial charge in [-0.3, -0.25) is 4.79 Å². The van der Waals surface area contributed by atoms with Gasteiger partial charge >= 0.3 is 0 Å². The molecule has 0 saturated heterocycles. The molecule has 1 rings (SSSR count). The molecule has 0 aliphatic carbocycles. The summed E-state index contributed by atoms with van der Waals surface area (Å²) in [5, 5.41) is 0. The van der Waals surface area contributed by atoms with E-state index >= 15 is 0 Å². The highest BCUT2D eigenvalue weighted by molar-refractivity contribution is 5.28. The van der Waals surface area contributed by atoms with Gasteiger partial charge in [0.25, 0.3) is 0 Å². The van der Waals surface area contributed by atoms with Crippen molar-refractivity contribution in [1.82, 2.24) is 0 Å². The van der Waals surface area contributed by atoms with E-state index in [1.807, 2.05) is 0 Å². The zero-order chi connectivity index (χ0) is 12.8. The van der Waals surface area contributed by atoms with E-state index in [0.717, 1.165) is 61.2 Å². The number of hydrogen-bond acceptors (Lipinski definition) is 2. The molecule has 0 amide bonds. The van der Waals surface area contributed by atoms with Crippen LogP contribution in [0.2, 0.25) is 0 Å². The molecule has 0 fully saturated rings. The molecule has 0 aliphatic rings. The van der Waals surface area contributed by atoms with Crippen molar-refractivity contribution in [1.29, 1.82) is 0 Å². The summed E-state index contributed by atoms with van der Waals surface area (Å²) < 4.78 is 5.92. The Labute approximate surface area is 104 Å². The molecular weight excluding hydrogens is 212 g/mol. The van der Waals surface area contributed by atoms with Gasteiger partial charge in [0.1, 0.15) is 11.5 Å². The second kappa shape index (κ2) is 6.63. The van der Waals surface area contributed by atoms with Gasteiger partial charge < -0.3 is 4.42 Å². The first-order chi connectivity index (χ1) is 8.19. The average molecular weight is 236 g/mol. The Bertz CT molecular complexity index is 380. The Balaban J connectivity index is 3.38. The molecule has 17 heavy (non-hydrogen) atoms. The van der Waals surface area contributed by atoms with E-state index in [-0.39, 0.29) is 5.43 Å². The van der Waals surface area contributed by atoms with Crippen molar-refractivity contribution in [3.8, 4) is 0 Å². The molecule has 1 heterocycles. The summed E-state index contributed by atoms with van der Waals surface area (Å²) in [7, 11) is 0. The van der Waals surface area contributed by atoms with Gasteiger partial charge in [0.15, 0.2) is 5.43 Å². The largest absolute Gasteiger partial charge is 0.465 e. The molecule has 96 valence electrons. The first kappa shape index (κ1) is 14.0. The van der Waals surface area contributed by atoms with E-state index in [9.17, 15) is 4.79 Å². The highest BCUT2D eigenvalue weighted by atomic mass is 16.3. The molecule has 0 spiro atoms. The van der Waals surface area contributed by atoms with E-state index < -0.39 is 0 Å². The van der Waals surface area contributed by atoms with Crippen LogP contribution in [-0.4, -0.2) is 0 Å². The predicted octanol–water partition coefficient (Wildman–Crippen LogP) is 3.67. The molecule has 1 aromatic heterocycles. The minimum absolute atomic E-state index is 0.244. The van der Waals surface area contributed by atoms with Gasteiger partial charge in [-0.2, -0.15) is 0 Å². The van der Waals surface area contributed by atoms with Gasteiger partial charge in [-0.05, 0) is 12.8 Å². The highest BCUT2D eigenvalue weighted by Crippen LogP contribution is 2.16. The SMILES string of the molecule is CCCc1c(CC)oc(CC)c(CCC)c1=O. The van der Waals surface area contributed by atoms with Gasteiger partial charge in [-0.15, -0.1) is 0 Å². The van der Waals surface area contributed by atoms with Crippen LogP contribution in [0.1, 0.15) is 63.2 Å². The van der Waals surface area contributed by atoms with E-state index in [2.05, 4.69) is 27.7 Å². The maximum Gasteiger partial charge on any atom is 0.191 e. The van der Waals surface area contributed by atoms with Gasteiger partial charge in [0.2, 0.25) is 0 Å². The first-order valence-corrected chi connectivity index (χ1v) is 6.86. The van der Waals surface area contributed by atoms with Crippen LogP contribution in [0.3, 0.4) is 0 Å². The van der Waals surface area contributed by atoms with Crippen LogP contribution in [0.4, 0.5) is 0 Å². The van der Waals surface area contributed by atoms with Crippen molar-refractivity contribution >= 4 is 0 Å². The first-order valence-electron chi connectivity index (χ1n) is 6.86. The smallest absolute Gasteiger partial charge is 0.191 e. The lowest BCUT2D eigenvalue weighted by atomic mass is 10.00. The monoisotopic (exact) mass is 236 g/mol. The minimum atomic E-state index is 0.244. The molecule has 0 bridgehead atoms. The molecular formula is C15H24O2. The van der Waals surface area contributed by atoms with Gasteiger partial charge in [-0.25, -0.2) is 0 Å². The Hall–Kier alpha value is -1.05. The lowest BCUT2D eigenvalue weighted by Gasteiger charge is -2.12. The van der Waals surface area contributed by atoms with Crippen molar-refractivity contribution < 1.29 is 4.42 Å². The summed E-state index contributed by atoms with van der Waals surface area (Å²) in [5.41, 5.74) is 2.07. The van der Waals surface area contributed by atoms with Gasteiger partial charge in [0, 0.05) is 24.0 Å². The van der Waals surface area contributed by atoms with E-state index in [4.69, 9.17) is 4.42 Å². The van der Waals surface area contributed by atoms with Crippen molar-refractivity contribution in [3.63, 3.8) is 0 Å². The van der Waals surface area contributed by atoms with Crippen LogP contribution in [0.25, 0.3) is 0 Å². The molecule has 2 nitrogen and oxygen atoms in total. The quantitative estimate of drug-likeness (QED) is 0.754. The molecule has 0 unspecified atom stereocenters. The van der Waals surface area contributed by atoms with Crippen LogP contribution >= 0.6 is 0 Å². The highest BCUT2D eigenvalue weighted by Gasteiger charge is 2.15. The summed E-state index contributed by atoms with van der Waals surface area (Å²) in [6.07, 6.45) is 5.29. The number of hydrogen-bond donors (Lipinski definition) is 0. The number of rotatable bonds is 6. The van der Waals surface area contributed by atoms with Gasteiger partial charge in [0.05, 0.1) is 0 Å². The summed E-state index contributed by atoms with van der Waals surface area (Å²) in [4.78, 5) is 12.4. The molecule has 0 atom stereocenters.